The maximum Gasteiger partial charge on any atom is 0.123 e. The molecule has 0 amide bonds. The Morgan fingerprint density at radius 2 is 1.78 bits per heavy atom. The fourth-order valence-corrected chi connectivity index (χ4v) is 2.08. The van der Waals surface area contributed by atoms with Crippen molar-refractivity contribution in [3.05, 3.63) is 35.6 Å². The molecule has 102 valence electrons. The second-order valence-electron chi connectivity index (χ2n) is 4.90. The Labute approximate surface area is 111 Å². The number of halogens is 1. The van der Waals surface area contributed by atoms with Crippen LogP contribution in [0.5, 0.6) is 0 Å². The third kappa shape index (κ3) is 7.44. The van der Waals surface area contributed by atoms with Crippen molar-refractivity contribution in [2.45, 2.75) is 51.9 Å². The topological polar surface area (TPSA) is 12.0 Å². The van der Waals surface area contributed by atoms with Crippen molar-refractivity contribution in [2.75, 3.05) is 13.1 Å². The summed E-state index contributed by atoms with van der Waals surface area (Å²) < 4.78 is 12.9. The molecule has 0 aromatic heterocycles. The predicted octanol–water partition coefficient (Wildman–Crippen LogP) is 4.32. The van der Waals surface area contributed by atoms with Gasteiger partial charge in [0.1, 0.15) is 5.82 Å². The number of unbranched alkanes of at least 4 members (excludes halogenated alkanes) is 5. The smallest absolute Gasteiger partial charge is 0.123 e. The summed E-state index contributed by atoms with van der Waals surface area (Å²) in [6.07, 6.45) is 8.91. The van der Waals surface area contributed by atoms with Crippen molar-refractivity contribution >= 4 is 0 Å². The lowest BCUT2D eigenvalue weighted by molar-refractivity contribution is 0.572. The van der Waals surface area contributed by atoms with Crippen molar-refractivity contribution in [1.82, 2.24) is 5.32 Å². The Hall–Kier alpha value is -0.890. The number of hydrogen-bond donors (Lipinski definition) is 1. The first-order chi connectivity index (χ1) is 8.83. The van der Waals surface area contributed by atoms with Crippen molar-refractivity contribution in [2.24, 2.45) is 0 Å². The number of benzene rings is 1. The maximum absolute atomic E-state index is 12.9. The van der Waals surface area contributed by atoms with E-state index in [4.69, 9.17) is 0 Å². The molecule has 0 spiro atoms. The van der Waals surface area contributed by atoms with E-state index >= 15 is 0 Å². The van der Waals surface area contributed by atoms with Crippen LogP contribution in [0.2, 0.25) is 0 Å². The second-order valence-corrected chi connectivity index (χ2v) is 4.90. The van der Waals surface area contributed by atoms with Gasteiger partial charge >= 0.3 is 0 Å². The zero-order valence-electron chi connectivity index (χ0n) is 11.6. The first-order valence-electron chi connectivity index (χ1n) is 7.28. The monoisotopic (exact) mass is 251 g/mol. The maximum atomic E-state index is 12.9. The van der Waals surface area contributed by atoms with E-state index in [-0.39, 0.29) is 5.82 Å². The van der Waals surface area contributed by atoms with Crippen LogP contribution in [0.1, 0.15) is 51.0 Å². The van der Waals surface area contributed by atoms with Gasteiger partial charge in [-0.25, -0.2) is 4.39 Å². The van der Waals surface area contributed by atoms with Gasteiger partial charge in [0.05, 0.1) is 0 Å². The summed E-state index contributed by atoms with van der Waals surface area (Å²) in [4.78, 5) is 0. The minimum absolute atomic E-state index is 0.136. The van der Waals surface area contributed by atoms with Crippen molar-refractivity contribution in [3.8, 4) is 0 Å². The molecule has 1 aromatic carbocycles. The van der Waals surface area contributed by atoms with E-state index in [0.717, 1.165) is 25.1 Å². The Bertz CT molecular complexity index is 312. The second kappa shape index (κ2) is 10.1. The highest BCUT2D eigenvalue weighted by Gasteiger charge is 1.95. The highest BCUT2D eigenvalue weighted by molar-refractivity contribution is 5.16. The van der Waals surface area contributed by atoms with Gasteiger partial charge in [0.25, 0.3) is 0 Å². The minimum atomic E-state index is -0.136. The van der Waals surface area contributed by atoms with Crippen LogP contribution in [0, 0.1) is 5.82 Å². The summed E-state index contributed by atoms with van der Waals surface area (Å²) in [5.74, 6) is -0.136. The van der Waals surface area contributed by atoms with Gasteiger partial charge in [-0.15, -0.1) is 0 Å². The lowest BCUT2D eigenvalue weighted by Gasteiger charge is -2.05. The van der Waals surface area contributed by atoms with Crippen LogP contribution < -0.4 is 5.32 Å². The van der Waals surface area contributed by atoms with Crippen LogP contribution in [0.25, 0.3) is 0 Å². The molecule has 0 saturated carbocycles. The SMILES string of the molecule is CCCCCCCCNCCc1cccc(F)c1. The van der Waals surface area contributed by atoms with Crippen molar-refractivity contribution < 1.29 is 4.39 Å². The van der Waals surface area contributed by atoms with Gasteiger partial charge in [-0.05, 0) is 43.6 Å². The van der Waals surface area contributed by atoms with Gasteiger partial charge in [0.15, 0.2) is 0 Å². The van der Waals surface area contributed by atoms with E-state index in [1.54, 1.807) is 12.1 Å². The lowest BCUT2D eigenvalue weighted by atomic mass is 10.1. The zero-order valence-corrected chi connectivity index (χ0v) is 11.6. The number of rotatable bonds is 10. The van der Waals surface area contributed by atoms with Crippen molar-refractivity contribution in [3.63, 3.8) is 0 Å². The zero-order chi connectivity index (χ0) is 13.1. The lowest BCUT2D eigenvalue weighted by Crippen LogP contribution is -2.18. The number of hydrogen-bond acceptors (Lipinski definition) is 1. The fourth-order valence-electron chi connectivity index (χ4n) is 2.08. The van der Waals surface area contributed by atoms with Crippen LogP contribution in [-0.2, 0) is 6.42 Å². The Morgan fingerprint density at radius 3 is 2.56 bits per heavy atom. The molecule has 0 fully saturated rings. The molecule has 18 heavy (non-hydrogen) atoms. The Balaban J connectivity index is 1.92. The predicted molar refractivity (Wildman–Crippen MR) is 76.3 cm³/mol. The van der Waals surface area contributed by atoms with Crippen LogP contribution in [0.4, 0.5) is 4.39 Å². The van der Waals surface area contributed by atoms with Gasteiger partial charge in [0, 0.05) is 0 Å². The highest BCUT2D eigenvalue weighted by atomic mass is 19.1. The molecule has 1 nitrogen and oxygen atoms in total. The van der Waals surface area contributed by atoms with Crippen LogP contribution in [0.15, 0.2) is 24.3 Å². The normalized spacial score (nSPS) is 10.8. The largest absolute Gasteiger partial charge is 0.316 e. The molecule has 0 atom stereocenters. The van der Waals surface area contributed by atoms with Gasteiger partial charge in [-0.3, -0.25) is 0 Å². The molecular weight excluding hydrogens is 225 g/mol. The summed E-state index contributed by atoms with van der Waals surface area (Å²) >= 11 is 0. The molecule has 0 saturated heterocycles. The van der Waals surface area contributed by atoms with Gasteiger partial charge in [0.2, 0.25) is 0 Å². The molecule has 1 aromatic rings. The van der Waals surface area contributed by atoms with Gasteiger partial charge < -0.3 is 5.32 Å². The molecule has 0 aliphatic carbocycles. The fraction of sp³-hybridized carbons (Fsp3) is 0.625. The Morgan fingerprint density at radius 1 is 1.00 bits per heavy atom. The summed E-state index contributed by atoms with van der Waals surface area (Å²) in [6, 6.07) is 6.87. The molecule has 0 unspecified atom stereocenters. The quantitative estimate of drug-likeness (QED) is 0.611. The molecule has 0 heterocycles. The van der Waals surface area contributed by atoms with Gasteiger partial charge in [-0.2, -0.15) is 0 Å². The minimum Gasteiger partial charge on any atom is -0.316 e. The van der Waals surface area contributed by atoms with E-state index in [9.17, 15) is 4.39 Å². The Kier molecular flexibility index (Phi) is 8.49. The average molecular weight is 251 g/mol. The summed E-state index contributed by atoms with van der Waals surface area (Å²) in [7, 11) is 0. The summed E-state index contributed by atoms with van der Waals surface area (Å²) in [5, 5.41) is 3.42. The van der Waals surface area contributed by atoms with E-state index in [1.807, 2.05) is 6.07 Å². The van der Waals surface area contributed by atoms with Crippen LogP contribution in [0.3, 0.4) is 0 Å². The summed E-state index contributed by atoms with van der Waals surface area (Å²) in [6.45, 7) is 4.27. The molecule has 0 bridgehead atoms. The standard InChI is InChI=1S/C16H26FN/c1-2-3-4-5-6-7-12-18-13-11-15-9-8-10-16(17)14-15/h8-10,14,18H,2-7,11-13H2,1H3. The molecule has 0 radical (unpaired) electrons. The van der Waals surface area contributed by atoms with E-state index < -0.39 is 0 Å². The first kappa shape index (κ1) is 15.2. The molecule has 0 aliphatic heterocycles. The van der Waals surface area contributed by atoms with Gasteiger partial charge in [-0.1, -0.05) is 51.2 Å². The molecule has 1 rings (SSSR count). The molecular formula is C16H26FN. The van der Waals surface area contributed by atoms with E-state index in [2.05, 4.69) is 12.2 Å². The third-order valence-electron chi connectivity index (χ3n) is 3.19. The van der Waals surface area contributed by atoms with Crippen LogP contribution >= 0.6 is 0 Å². The third-order valence-corrected chi connectivity index (χ3v) is 3.19. The average Bonchev–Trinajstić information content (AvgIpc) is 2.37. The van der Waals surface area contributed by atoms with E-state index in [1.165, 1.54) is 44.6 Å². The van der Waals surface area contributed by atoms with Crippen molar-refractivity contribution in [1.29, 1.82) is 0 Å². The van der Waals surface area contributed by atoms with Crippen LogP contribution in [-0.4, -0.2) is 13.1 Å². The van der Waals surface area contributed by atoms with E-state index in [0.29, 0.717) is 0 Å². The molecule has 2 heteroatoms. The highest BCUT2D eigenvalue weighted by Crippen LogP contribution is 2.05. The first-order valence-corrected chi connectivity index (χ1v) is 7.28. The molecule has 0 aliphatic rings. The number of nitrogens with one attached hydrogen (secondary N) is 1. The molecule has 1 N–H and O–H groups in total. The summed E-state index contributed by atoms with van der Waals surface area (Å²) in [5.41, 5.74) is 1.07.